The van der Waals surface area contributed by atoms with Crippen LogP contribution in [0.15, 0.2) is 182 Å². The molecule has 270 valence electrons. The third kappa shape index (κ3) is 5.07. The molecule has 0 spiro atoms. The molecule has 57 heavy (non-hydrogen) atoms. The van der Waals surface area contributed by atoms with Gasteiger partial charge in [0, 0.05) is 5.41 Å². The van der Waals surface area contributed by atoms with Gasteiger partial charge in [-0.25, -0.2) is 0 Å². The maximum absolute atomic E-state index is 2.54. The summed E-state index contributed by atoms with van der Waals surface area (Å²) in [5.41, 5.74) is 18.0. The number of benzene rings is 10. The second-order valence-electron chi connectivity index (χ2n) is 16.6. The Morgan fingerprint density at radius 2 is 0.667 bits per heavy atom. The summed E-state index contributed by atoms with van der Waals surface area (Å²) >= 11 is 0. The Balaban J connectivity index is 1.19. The quantitative estimate of drug-likeness (QED) is 0.158. The molecule has 0 radical (unpaired) electrons. The van der Waals surface area contributed by atoms with E-state index in [-0.39, 0.29) is 5.41 Å². The molecule has 0 unspecified atom stereocenters. The normalized spacial score (nSPS) is 13.1. The fraction of sp³-hybridized carbons (Fsp3) is 0.0877. The van der Waals surface area contributed by atoms with Gasteiger partial charge in [-0.05, 0) is 142 Å². The monoisotopic (exact) mass is 726 g/mol. The van der Waals surface area contributed by atoms with Gasteiger partial charge in [-0.3, -0.25) is 0 Å². The van der Waals surface area contributed by atoms with E-state index in [1.165, 1.54) is 121 Å². The molecule has 1 aliphatic carbocycles. The summed E-state index contributed by atoms with van der Waals surface area (Å²) in [6, 6.07) is 68.3. The predicted molar refractivity (Wildman–Crippen MR) is 245 cm³/mol. The molecule has 0 fully saturated rings. The highest BCUT2D eigenvalue weighted by molar-refractivity contribution is 6.23. The number of hydrogen-bond donors (Lipinski definition) is 0. The molecule has 0 aromatic heterocycles. The Morgan fingerprint density at radius 3 is 1.14 bits per heavy atom. The molecule has 10 aromatic rings. The molecule has 0 N–H and O–H groups in total. The highest BCUT2D eigenvalue weighted by Gasteiger charge is 2.37. The van der Waals surface area contributed by atoms with Crippen molar-refractivity contribution in [2.45, 2.75) is 33.1 Å². The smallest absolute Gasteiger partial charge is 0.0159 e. The summed E-state index contributed by atoms with van der Waals surface area (Å²) in [4.78, 5) is 0. The summed E-state index contributed by atoms with van der Waals surface area (Å²) in [7, 11) is 0. The van der Waals surface area contributed by atoms with Crippen LogP contribution in [0.1, 0.15) is 36.1 Å². The van der Waals surface area contributed by atoms with Crippen molar-refractivity contribution in [2.75, 3.05) is 0 Å². The summed E-state index contributed by atoms with van der Waals surface area (Å²) in [5.74, 6) is 0. The highest BCUT2D eigenvalue weighted by Crippen LogP contribution is 2.55. The first-order valence-corrected chi connectivity index (χ1v) is 20.2. The first kappa shape index (κ1) is 33.6. The largest absolute Gasteiger partial charge is 0.0622 e. The van der Waals surface area contributed by atoms with Crippen molar-refractivity contribution in [1.82, 2.24) is 0 Å². The summed E-state index contributed by atoms with van der Waals surface area (Å²) in [6.45, 7) is 9.26. The lowest BCUT2D eigenvalue weighted by atomic mass is 9.79. The molecule has 1 aliphatic rings. The minimum atomic E-state index is -0.216. The summed E-state index contributed by atoms with van der Waals surface area (Å²) in [5, 5.41) is 10.3. The van der Waals surface area contributed by atoms with E-state index in [0.29, 0.717) is 0 Å². The van der Waals surface area contributed by atoms with Crippen LogP contribution in [0.3, 0.4) is 0 Å². The van der Waals surface area contributed by atoms with E-state index in [2.05, 4.69) is 210 Å². The van der Waals surface area contributed by atoms with Gasteiger partial charge >= 0.3 is 0 Å². The van der Waals surface area contributed by atoms with Crippen molar-refractivity contribution in [3.8, 4) is 55.6 Å². The predicted octanol–water partition coefficient (Wildman–Crippen LogP) is 15.9. The van der Waals surface area contributed by atoms with Crippen molar-refractivity contribution in [3.05, 3.63) is 204 Å². The standard InChI is InChI=1S/C57H42/c1-35-29-36(2)31-40(30-35)56-46-25-15-13-23-44(46)55(45-24-14-16-26-47(45)56)39-27-28-41-48-33-49-50(34-52(48)57(3,4)51(41)32-39)54(38-19-9-6-10-20-38)43-22-12-11-21-42(43)53(49)37-17-7-5-8-18-37/h5-34H,1-4H3. The van der Waals surface area contributed by atoms with Gasteiger partial charge < -0.3 is 0 Å². The van der Waals surface area contributed by atoms with Gasteiger partial charge in [0.25, 0.3) is 0 Å². The fourth-order valence-electron chi connectivity index (χ4n) is 10.3. The Labute approximate surface area is 334 Å². The molecule has 0 amide bonds. The van der Waals surface area contributed by atoms with Gasteiger partial charge in [-0.1, -0.05) is 189 Å². The Bertz CT molecular complexity index is 3180. The first-order chi connectivity index (χ1) is 27.9. The van der Waals surface area contributed by atoms with Crippen molar-refractivity contribution < 1.29 is 0 Å². The number of rotatable bonds is 4. The average Bonchev–Trinajstić information content (AvgIpc) is 3.45. The molecular weight excluding hydrogens is 685 g/mol. The minimum absolute atomic E-state index is 0.216. The van der Waals surface area contributed by atoms with Crippen molar-refractivity contribution in [3.63, 3.8) is 0 Å². The topological polar surface area (TPSA) is 0 Å². The van der Waals surface area contributed by atoms with Crippen LogP contribution in [-0.2, 0) is 5.41 Å². The van der Waals surface area contributed by atoms with Crippen molar-refractivity contribution >= 4 is 43.1 Å². The van der Waals surface area contributed by atoms with E-state index >= 15 is 0 Å². The van der Waals surface area contributed by atoms with E-state index < -0.39 is 0 Å². The van der Waals surface area contributed by atoms with Crippen LogP contribution in [0.25, 0.3) is 98.7 Å². The van der Waals surface area contributed by atoms with E-state index in [1.54, 1.807) is 0 Å². The molecule has 0 saturated carbocycles. The molecule has 0 heteroatoms. The zero-order valence-electron chi connectivity index (χ0n) is 32.8. The maximum atomic E-state index is 2.54. The SMILES string of the molecule is Cc1cc(C)cc(-c2c3ccccc3c(-c3ccc4c(c3)C(C)(C)c3cc5c(-c6ccccc6)c6ccccc6c(-c6ccccc6)c5cc3-4)c3ccccc23)c1. The lowest BCUT2D eigenvalue weighted by Crippen LogP contribution is -2.15. The maximum Gasteiger partial charge on any atom is 0.0159 e. The van der Waals surface area contributed by atoms with Gasteiger partial charge in [0.1, 0.15) is 0 Å². The van der Waals surface area contributed by atoms with Crippen LogP contribution in [0, 0.1) is 13.8 Å². The van der Waals surface area contributed by atoms with Gasteiger partial charge in [0.05, 0.1) is 0 Å². The summed E-state index contributed by atoms with van der Waals surface area (Å²) in [6.07, 6.45) is 0. The zero-order valence-corrected chi connectivity index (χ0v) is 32.8. The van der Waals surface area contributed by atoms with Crippen LogP contribution < -0.4 is 0 Å². The first-order valence-electron chi connectivity index (χ1n) is 20.2. The molecule has 0 saturated heterocycles. The van der Waals surface area contributed by atoms with E-state index in [0.717, 1.165) is 0 Å². The number of fused-ring (bicyclic) bond motifs is 7. The van der Waals surface area contributed by atoms with E-state index in [4.69, 9.17) is 0 Å². The Kier molecular flexibility index (Phi) is 7.44. The molecule has 0 heterocycles. The summed E-state index contributed by atoms with van der Waals surface area (Å²) < 4.78 is 0. The second kappa shape index (κ2) is 12.6. The zero-order chi connectivity index (χ0) is 38.4. The number of aryl methyl sites for hydroxylation is 2. The van der Waals surface area contributed by atoms with Crippen LogP contribution >= 0.6 is 0 Å². The molecular formula is C57H42. The highest BCUT2D eigenvalue weighted by atomic mass is 14.4. The van der Waals surface area contributed by atoms with E-state index in [1.807, 2.05) is 0 Å². The molecule has 10 aromatic carbocycles. The van der Waals surface area contributed by atoms with Crippen LogP contribution in [0.4, 0.5) is 0 Å². The molecule has 0 aliphatic heterocycles. The lowest BCUT2D eigenvalue weighted by molar-refractivity contribution is 0.661. The fourth-order valence-corrected chi connectivity index (χ4v) is 10.3. The van der Waals surface area contributed by atoms with Gasteiger partial charge in [-0.15, -0.1) is 0 Å². The second-order valence-corrected chi connectivity index (χ2v) is 16.6. The third-order valence-corrected chi connectivity index (χ3v) is 12.7. The van der Waals surface area contributed by atoms with Crippen LogP contribution in [-0.4, -0.2) is 0 Å². The van der Waals surface area contributed by atoms with Gasteiger partial charge in [0.2, 0.25) is 0 Å². The molecule has 0 bridgehead atoms. The van der Waals surface area contributed by atoms with Crippen LogP contribution in [0.2, 0.25) is 0 Å². The number of hydrogen-bond acceptors (Lipinski definition) is 0. The van der Waals surface area contributed by atoms with Crippen molar-refractivity contribution in [1.29, 1.82) is 0 Å². The van der Waals surface area contributed by atoms with Crippen LogP contribution in [0.5, 0.6) is 0 Å². The third-order valence-electron chi connectivity index (χ3n) is 12.7. The Hall–Kier alpha value is -6.76. The van der Waals surface area contributed by atoms with E-state index in [9.17, 15) is 0 Å². The van der Waals surface area contributed by atoms with Gasteiger partial charge in [0.15, 0.2) is 0 Å². The minimum Gasteiger partial charge on any atom is -0.0622 e. The lowest BCUT2D eigenvalue weighted by Gasteiger charge is -2.24. The van der Waals surface area contributed by atoms with Gasteiger partial charge in [-0.2, -0.15) is 0 Å². The molecule has 0 nitrogen and oxygen atoms in total. The van der Waals surface area contributed by atoms with Crippen molar-refractivity contribution in [2.24, 2.45) is 0 Å². The molecule has 11 rings (SSSR count). The Morgan fingerprint density at radius 1 is 0.281 bits per heavy atom. The average molecular weight is 727 g/mol. The molecule has 0 atom stereocenters.